The summed E-state index contributed by atoms with van der Waals surface area (Å²) in [6.07, 6.45) is 2.29. The molecule has 1 atom stereocenters. The summed E-state index contributed by atoms with van der Waals surface area (Å²) in [5.41, 5.74) is 1.17. The van der Waals surface area contributed by atoms with Crippen molar-refractivity contribution in [2.45, 2.75) is 51.6 Å². The van der Waals surface area contributed by atoms with Crippen molar-refractivity contribution >= 4 is 0 Å². The van der Waals surface area contributed by atoms with E-state index in [1.54, 1.807) is 0 Å². The van der Waals surface area contributed by atoms with Crippen LogP contribution in [0, 0.1) is 0 Å². The molecule has 2 aromatic rings. The van der Waals surface area contributed by atoms with Gasteiger partial charge in [-0.2, -0.15) is 4.98 Å². The SMILES string of the molecule is CC(C)(C)c1noc(CN2CCC[C@H]2c2ccc3c(c2)OCCO3)n1. The zero-order valence-corrected chi connectivity index (χ0v) is 15.1. The number of nitrogens with zero attached hydrogens (tertiary/aromatic N) is 3. The first-order chi connectivity index (χ1) is 12.0. The Balaban J connectivity index is 1.52. The van der Waals surface area contributed by atoms with Gasteiger partial charge in [0.1, 0.15) is 13.2 Å². The maximum Gasteiger partial charge on any atom is 0.240 e. The molecule has 1 saturated heterocycles. The van der Waals surface area contributed by atoms with Crippen LogP contribution < -0.4 is 9.47 Å². The van der Waals surface area contributed by atoms with Gasteiger partial charge < -0.3 is 14.0 Å². The predicted molar refractivity (Wildman–Crippen MR) is 92.8 cm³/mol. The summed E-state index contributed by atoms with van der Waals surface area (Å²) in [5, 5.41) is 4.14. The van der Waals surface area contributed by atoms with Crippen LogP contribution >= 0.6 is 0 Å². The van der Waals surface area contributed by atoms with Crippen molar-refractivity contribution < 1.29 is 14.0 Å². The van der Waals surface area contributed by atoms with Crippen LogP contribution in [-0.2, 0) is 12.0 Å². The zero-order valence-electron chi connectivity index (χ0n) is 15.1. The summed E-state index contributed by atoms with van der Waals surface area (Å²) in [6.45, 7) is 9.23. The average molecular weight is 343 g/mol. The van der Waals surface area contributed by atoms with Crippen LogP contribution in [0.5, 0.6) is 11.5 Å². The highest BCUT2D eigenvalue weighted by molar-refractivity contribution is 5.44. The first-order valence-electron chi connectivity index (χ1n) is 8.97. The van der Waals surface area contributed by atoms with E-state index >= 15 is 0 Å². The van der Waals surface area contributed by atoms with E-state index in [0.717, 1.165) is 30.3 Å². The lowest BCUT2D eigenvalue weighted by Crippen LogP contribution is -2.23. The molecular weight excluding hydrogens is 318 g/mol. The average Bonchev–Trinajstić information content (AvgIpc) is 3.24. The van der Waals surface area contributed by atoms with Gasteiger partial charge in [0.15, 0.2) is 17.3 Å². The molecule has 1 fully saturated rings. The molecule has 1 aromatic heterocycles. The minimum atomic E-state index is -0.0952. The molecule has 2 aliphatic rings. The van der Waals surface area contributed by atoms with E-state index in [9.17, 15) is 0 Å². The first kappa shape index (κ1) is 16.4. The monoisotopic (exact) mass is 343 g/mol. The van der Waals surface area contributed by atoms with E-state index in [0.29, 0.717) is 31.7 Å². The van der Waals surface area contributed by atoms with Gasteiger partial charge in [-0.25, -0.2) is 0 Å². The molecule has 0 aliphatic carbocycles. The molecule has 6 heteroatoms. The highest BCUT2D eigenvalue weighted by Gasteiger charge is 2.29. The molecule has 0 spiro atoms. The van der Waals surface area contributed by atoms with E-state index in [2.05, 4.69) is 47.9 Å². The predicted octanol–water partition coefficient (Wildman–Crippen LogP) is 3.48. The van der Waals surface area contributed by atoms with Crippen LogP contribution in [0.3, 0.4) is 0 Å². The molecule has 4 rings (SSSR count). The largest absolute Gasteiger partial charge is 0.486 e. The standard InChI is InChI=1S/C19H25N3O3/c1-19(2,3)18-20-17(25-21-18)12-22-8-4-5-14(22)13-6-7-15-16(11-13)24-10-9-23-15/h6-7,11,14H,4-5,8-10,12H2,1-3H3/t14-/m0/s1. The van der Waals surface area contributed by atoms with Crippen LogP contribution in [0.15, 0.2) is 22.7 Å². The maximum absolute atomic E-state index is 5.73. The molecule has 2 aliphatic heterocycles. The lowest BCUT2D eigenvalue weighted by molar-refractivity contribution is 0.170. The quantitative estimate of drug-likeness (QED) is 0.850. The number of hydrogen-bond donors (Lipinski definition) is 0. The van der Waals surface area contributed by atoms with E-state index in [-0.39, 0.29) is 5.41 Å². The number of rotatable bonds is 3. The van der Waals surface area contributed by atoms with Gasteiger partial charge in [0.05, 0.1) is 6.54 Å². The van der Waals surface area contributed by atoms with Gasteiger partial charge in [0.25, 0.3) is 0 Å². The van der Waals surface area contributed by atoms with Crippen LogP contribution in [-0.4, -0.2) is 34.8 Å². The second-order valence-corrected chi connectivity index (χ2v) is 7.79. The van der Waals surface area contributed by atoms with Gasteiger partial charge in [-0.05, 0) is 37.1 Å². The molecule has 0 N–H and O–H groups in total. The minimum absolute atomic E-state index is 0.0952. The molecular formula is C19H25N3O3. The summed E-state index contributed by atoms with van der Waals surface area (Å²) in [4.78, 5) is 6.99. The van der Waals surface area contributed by atoms with Gasteiger partial charge in [0, 0.05) is 11.5 Å². The Bertz CT molecular complexity index is 751. The molecule has 0 radical (unpaired) electrons. The van der Waals surface area contributed by atoms with Crippen molar-refractivity contribution in [2.75, 3.05) is 19.8 Å². The Morgan fingerprint density at radius 1 is 1.16 bits per heavy atom. The summed E-state index contributed by atoms with van der Waals surface area (Å²) in [6, 6.07) is 6.63. The van der Waals surface area contributed by atoms with Crippen LogP contribution in [0.4, 0.5) is 0 Å². The molecule has 134 valence electrons. The second kappa shape index (κ2) is 6.33. The van der Waals surface area contributed by atoms with E-state index in [1.165, 1.54) is 12.0 Å². The topological polar surface area (TPSA) is 60.6 Å². The molecule has 0 unspecified atom stereocenters. The van der Waals surface area contributed by atoms with Gasteiger partial charge in [-0.3, -0.25) is 4.90 Å². The Labute approximate surface area is 148 Å². The molecule has 3 heterocycles. The molecule has 0 saturated carbocycles. The van der Waals surface area contributed by atoms with Gasteiger partial charge in [-0.1, -0.05) is 32.0 Å². The summed E-state index contributed by atoms with van der Waals surface area (Å²) < 4.78 is 16.8. The molecule has 6 nitrogen and oxygen atoms in total. The minimum Gasteiger partial charge on any atom is -0.486 e. The zero-order chi connectivity index (χ0) is 17.4. The van der Waals surface area contributed by atoms with Crippen LogP contribution in [0.1, 0.15) is 56.9 Å². The fourth-order valence-electron chi connectivity index (χ4n) is 3.46. The highest BCUT2D eigenvalue weighted by Crippen LogP contribution is 2.38. The van der Waals surface area contributed by atoms with Crippen molar-refractivity contribution in [2.24, 2.45) is 0 Å². The third-order valence-corrected chi connectivity index (χ3v) is 4.79. The fraction of sp³-hybridized carbons (Fsp3) is 0.579. The third kappa shape index (κ3) is 3.35. The fourth-order valence-corrected chi connectivity index (χ4v) is 3.46. The Morgan fingerprint density at radius 3 is 2.72 bits per heavy atom. The third-order valence-electron chi connectivity index (χ3n) is 4.79. The number of benzene rings is 1. The highest BCUT2D eigenvalue weighted by atomic mass is 16.6. The van der Waals surface area contributed by atoms with Gasteiger partial charge >= 0.3 is 0 Å². The van der Waals surface area contributed by atoms with Crippen molar-refractivity contribution in [3.8, 4) is 11.5 Å². The Kier molecular flexibility index (Phi) is 4.15. The molecule has 0 amide bonds. The number of likely N-dealkylation sites (tertiary alicyclic amines) is 1. The van der Waals surface area contributed by atoms with Crippen LogP contribution in [0.25, 0.3) is 0 Å². The van der Waals surface area contributed by atoms with Gasteiger partial charge in [0.2, 0.25) is 5.89 Å². The molecule has 1 aromatic carbocycles. The van der Waals surface area contributed by atoms with E-state index < -0.39 is 0 Å². The summed E-state index contributed by atoms with van der Waals surface area (Å²) in [7, 11) is 0. The lowest BCUT2D eigenvalue weighted by Gasteiger charge is -2.25. The summed E-state index contributed by atoms with van der Waals surface area (Å²) >= 11 is 0. The number of fused-ring (bicyclic) bond motifs is 1. The molecule has 25 heavy (non-hydrogen) atoms. The van der Waals surface area contributed by atoms with E-state index in [4.69, 9.17) is 14.0 Å². The smallest absolute Gasteiger partial charge is 0.240 e. The Hall–Kier alpha value is -2.08. The van der Waals surface area contributed by atoms with Crippen LogP contribution in [0.2, 0.25) is 0 Å². The second-order valence-electron chi connectivity index (χ2n) is 7.79. The molecule has 0 bridgehead atoms. The number of aromatic nitrogens is 2. The van der Waals surface area contributed by atoms with E-state index in [1.807, 2.05) is 6.07 Å². The lowest BCUT2D eigenvalue weighted by atomic mass is 9.96. The number of ether oxygens (including phenoxy) is 2. The normalized spacial score (nSPS) is 20.8. The van der Waals surface area contributed by atoms with Crippen molar-refractivity contribution in [1.29, 1.82) is 0 Å². The number of hydrogen-bond acceptors (Lipinski definition) is 6. The van der Waals surface area contributed by atoms with Crippen molar-refractivity contribution in [3.05, 3.63) is 35.5 Å². The Morgan fingerprint density at radius 2 is 1.96 bits per heavy atom. The van der Waals surface area contributed by atoms with Crippen molar-refractivity contribution in [3.63, 3.8) is 0 Å². The van der Waals surface area contributed by atoms with Gasteiger partial charge in [-0.15, -0.1) is 0 Å². The summed E-state index contributed by atoms with van der Waals surface area (Å²) in [5.74, 6) is 3.14. The van der Waals surface area contributed by atoms with Crippen molar-refractivity contribution in [1.82, 2.24) is 15.0 Å². The first-order valence-corrected chi connectivity index (χ1v) is 8.97. The maximum atomic E-state index is 5.73.